The van der Waals surface area contributed by atoms with Gasteiger partial charge in [0.15, 0.2) is 5.76 Å². The highest BCUT2D eigenvalue weighted by Crippen LogP contribution is 2.29. The summed E-state index contributed by atoms with van der Waals surface area (Å²) in [6.45, 7) is 8.82. The fraction of sp³-hybridized carbons (Fsp3) is 0.143. The molecule has 4 nitrogen and oxygen atoms in total. The molecule has 0 aliphatic rings. The van der Waals surface area contributed by atoms with E-state index in [0.717, 1.165) is 5.69 Å². The average Bonchev–Trinajstić information content (AvgIpc) is 2.92. The normalized spacial score (nSPS) is 10.2. The lowest BCUT2D eigenvalue weighted by Crippen LogP contribution is -2.24. The molecule has 2 rings (SSSR count). The maximum atomic E-state index is 5.87. The number of hydrogen-bond acceptors (Lipinski definition) is 4. The lowest BCUT2D eigenvalue weighted by molar-refractivity contribution is 0.579. The van der Waals surface area contributed by atoms with Crippen molar-refractivity contribution in [2.45, 2.75) is 0 Å². The van der Waals surface area contributed by atoms with Crippen LogP contribution in [0.4, 0.5) is 5.69 Å². The number of halogens is 1. The van der Waals surface area contributed by atoms with E-state index in [9.17, 15) is 0 Å². The molecule has 0 fully saturated rings. The number of furan rings is 1. The van der Waals surface area contributed by atoms with E-state index in [-0.39, 0.29) is 5.28 Å². The minimum Gasteiger partial charge on any atom is -0.463 e. The molecule has 0 aliphatic carbocycles. The fourth-order valence-electron chi connectivity index (χ4n) is 1.76. The molecule has 0 amide bonds. The monoisotopic (exact) mass is 275 g/mol. The molecule has 0 unspecified atom stereocenters. The second-order valence-corrected chi connectivity index (χ2v) is 4.17. The largest absolute Gasteiger partial charge is 0.463 e. The Morgan fingerprint density at radius 1 is 1.32 bits per heavy atom. The van der Waals surface area contributed by atoms with Crippen LogP contribution >= 0.6 is 11.6 Å². The summed E-state index contributed by atoms with van der Waals surface area (Å²) >= 11 is 5.87. The van der Waals surface area contributed by atoms with Gasteiger partial charge in [0.1, 0.15) is 5.69 Å². The number of rotatable bonds is 6. The van der Waals surface area contributed by atoms with Gasteiger partial charge in [-0.25, -0.2) is 9.97 Å². The van der Waals surface area contributed by atoms with Gasteiger partial charge in [-0.2, -0.15) is 0 Å². The van der Waals surface area contributed by atoms with Crippen molar-refractivity contribution in [1.82, 2.24) is 9.97 Å². The van der Waals surface area contributed by atoms with E-state index in [1.54, 1.807) is 18.5 Å². The van der Waals surface area contributed by atoms with E-state index >= 15 is 0 Å². The molecule has 0 saturated heterocycles. The summed E-state index contributed by atoms with van der Waals surface area (Å²) in [7, 11) is 0. The van der Waals surface area contributed by atoms with E-state index in [2.05, 4.69) is 23.1 Å². The van der Waals surface area contributed by atoms with Gasteiger partial charge in [-0.05, 0) is 23.7 Å². The maximum absolute atomic E-state index is 5.87. The standard InChI is InChI=1S/C14H14ClN3O/c1-3-7-18(8-4-2)11-10-16-14(15)17-13(11)12-6-5-9-19-12/h3-6,9-10H,1-2,7-8H2. The summed E-state index contributed by atoms with van der Waals surface area (Å²) in [5.41, 5.74) is 1.49. The Kier molecular flexibility index (Phi) is 4.36. The summed E-state index contributed by atoms with van der Waals surface area (Å²) in [6.07, 6.45) is 6.90. The van der Waals surface area contributed by atoms with Crippen LogP contribution in [0.5, 0.6) is 0 Å². The van der Waals surface area contributed by atoms with Crippen molar-refractivity contribution in [2.75, 3.05) is 18.0 Å². The van der Waals surface area contributed by atoms with E-state index < -0.39 is 0 Å². The van der Waals surface area contributed by atoms with Crippen LogP contribution in [0.2, 0.25) is 5.28 Å². The second kappa shape index (κ2) is 6.20. The highest BCUT2D eigenvalue weighted by Gasteiger charge is 2.15. The Morgan fingerprint density at radius 2 is 2.05 bits per heavy atom. The molecule has 0 bridgehead atoms. The molecule has 0 saturated carbocycles. The lowest BCUT2D eigenvalue weighted by Gasteiger charge is -2.22. The fourth-order valence-corrected chi connectivity index (χ4v) is 1.90. The van der Waals surface area contributed by atoms with Gasteiger partial charge in [-0.15, -0.1) is 13.2 Å². The van der Waals surface area contributed by atoms with E-state index in [0.29, 0.717) is 24.5 Å². The first-order valence-corrected chi connectivity index (χ1v) is 6.17. The highest BCUT2D eigenvalue weighted by molar-refractivity contribution is 6.28. The van der Waals surface area contributed by atoms with Crippen LogP contribution < -0.4 is 4.90 Å². The van der Waals surface area contributed by atoms with Gasteiger partial charge < -0.3 is 9.32 Å². The van der Waals surface area contributed by atoms with Crippen LogP contribution in [-0.2, 0) is 0 Å². The third kappa shape index (κ3) is 3.03. The molecule has 0 atom stereocenters. The molecule has 0 aliphatic heterocycles. The highest BCUT2D eigenvalue weighted by atomic mass is 35.5. The van der Waals surface area contributed by atoms with Crippen molar-refractivity contribution in [1.29, 1.82) is 0 Å². The van der Waals surface area contributed by atoms with Gasteiger partial charge in [0.2, 0.25) is 5.28 Å². The number of anilines is 1. The van der Waals surface area contributed by atoms with Crippen molar-refractivity contribution in [3.8, 4) is 11.5 Å². The minimum atomic E-state index is 0.187. The zero-order valence-corrected chi connectivity index (χ0v) is 11.2. The number of aromatic nitrogens is 2. The van der Waals surface area contributed by atoms with Crippen LogP contribution in [0.3, 0.4) is 0 Å². The third-order valence-electron chi connectivity index (χ3n) is 2.53. The molecular formula is C14H14ClN3O. The predicted molar refractivity (Wildman–Crippen MR) is 77.4 cm³/mol. The topological polar surface area (TPSA) is 42.2 Å². The first-order chi connectivity index (χ1) is 9.26. The smallest absolute Gasteiger partial charge is 0.223 e. The molecule has 0 aromatic carbocycles. The Balaban J connectivity index is 2.49. The molecule has 98 valence electrons. The van der Waals surface area contributed by atoms with Crippen LogP contribution in [0.25, 0.3) is 11.5 Å². The summed E-state index contributed by atoms with van der Waals surface area (Å²) in [5.74, 6) is 0.650. The quantitative estimate of drug-likeness (QED) is 0.597. The molecule has 5 heteroatoms. The maximum Gasteiger partial charge on any atom is 0.223 e. The van der Waals surface area contributed by atoms with Crippen molar-refractivity contribution in [3.05, 3.63) is 55.2 Å². The molecule has 19 heavy (non-hydrogen) atoms. The summed E-state index contributed by atoms with van der Waals surface area (Å²) in [6, 6.07) is 3.64. The van der Waals surface area contributed by atoms with Gasteiger partial charge in [-0.3, -0.25) is 0 Å². The average molecular weight is 276 g/mol. The molecule has 2 heterocycles. The zero-order valence-electron chi connectivity index (χ0n) is 10.4. The number of nitrogens with zero attached hydrogens (tertiary/aromatic N) is 3. The first kappa shape index (κ1) is 13.4. The molecule has 0 radical (unpaired) electrons. The number of hydrogen-bond donors (Lipinski definition) is 0. The second-order valence-electron chi connectivity index (χ2n) is 3.83. The SMILES string of the molecule is C=CCN(CC=C)c1cnc(Cl)nc1-c1ccco1. The molecule has 2 aromatic rings. The summed E-state index contributed by atoms with van der Waals surface area (Å²) < 4.78 is 5.39. The molecule has 0 N–H and O–H groups in total. The Hall–Kier alpha value is -2.07. The van der Waals surface area contributed by atoms with Gasteiger partial charge in [0, 0.05) is 13.1 Å². The Labute approximate surface area is 117 Å². The van der Waals surface area contributed by atoms with Crippen molar-refractivity contribution in [2.24, 2.45) is 0 Å². The van der Waals surface area contributed by atoms with Gasteiger partial charge in [0.25, 0.3) is 0 Å². The van der Waals surface area contributed by atoms with Crippen LogP contribution in [0.15, 0.2) is 54.3 Å². The van der Waals surface area contributed by atoms with Gasteiger partial charge in [-0.1, -0.05) is 12.2 Å². The predicted octanol–water partition coefficient (Wildman–Crippen LogP) is 3.57. The van der Waals surface area contributed by atoms with Crippen molar-refractivity contribution in [3.63, 3.8) is 0 Å². The van der Waals surface area contributed by atoms with E-state index in [1.165, 1.54) is 0 Å². The Morgan fingerprint density at radius 3 is 2.63 bits per heavy atom. The van der Waals surface area contributed by atoms with E-state index in [1.807, 2.05) is 23.1 Å². The molecule has 2 aromatic heterocycles. The van der Waals surface area contributed by atoms with E-state index in [4.69, 9.17) is 16.0 Å². The summed E-state index contributed by atoms with van der Waals surface area (Å²) in [5, 5.41) is 0.187. The van der Waals surface area contributed by atoms with Crippen molar-refractivity contribution >= 4 is 17.3 Å². The molecular weight excluding hydrogens is 262 g/mol. The lowest BCUT2D eigenvalue weighted by atomic mass is 10.2. The zero-order chi connectivity index (χ0) is 13.7. The van der Waals surface area contributed by atoms with Gasteiger partial charge in [0.05, 0.1) is 18.1 Å². The minimum absolute atomic E-state index is 0.187. The van der Waals surface area contributed by atoms with Crippen LogP contribution in [0, 0.1) is 0 Å². The van der Waals surface area contributed by atoms with Gasteiger partial charge >= 0.3 is 0 Å². The van der Waals surface area contributed by atoms with Crippen LogP contribution in [0.1, 0.15) is 0 Å². The first-order valence-electron chi connectivity index (χ1n) is 5.79. The molecule has 0 spiro atoms. The summed E-state index contributed by atoms with van der Waals surface area (Å²) in [4.78, 5) is 10.3. The van der Waals surface area contributed by atoms with Crippen molar-refractivity contribution < 1.29 is 4.42 Å². The third-order valence-corrected chi connectivity index (χ3v) is 2.72. The Bertz CT molecular complexity index is 556. The van der Waals surface area contributed by atoms with Crippen LogP contribution in [-0.4, -0.2) is 23.1 Å².